The van der Waals surface area contributed by atoms with Crippen molar-refractivity contribution in [3.63, 3.8) is 0 Å². The summed E-state index contributed by atoms with van der Waals surface area (Å²) in [6.07, 6.45) is 0. The Bertz CT molecular complexity index is 196. The highest BCUT2D eigenvalue weighted by molar-refractivity contribution is 7.89. The molecule has 0 N–H and O–H groups in total. The summed E-state index contributed by atoms with van der Waals surface area (Å²) in [4.78, 5) is 0. The number of hydrogen-bond donors (Lipinski definition) is 0. The van der Waals surface area contributed by atoms with E-state index in [1.807, 2.05) is 26.2 Å². The molecular formula is C9H20OSSi. The van der Waals surface area contributed by atoms with E-state index in [1.54, 1.807) is 0 Å². The summed E-state index contributed by atoms with van der Waals surface area (Å²) in [6, 6.07) is 0. The van der Waals surface area contributed by atoms with Gasteiger partial charge in [-0.2, -0.15) is 0 Å². The SMILES string of the molecule is CC(C)(C)[S@](=O)C=C[Si](C)(C)C. The minimum atomic E-state index is -1.17. The Morgan fingerprint density at radius 3 is 1.83 bits per heavy atom. The molecule has 0 amide bonds. The Balaban J connectivity index is 4.30. The van der Waals surface area contributed by atoms with Crippen LogP contribution in [0, 0.1) is 0 Å². The summed E-state index contributed by atoms with van der Waals surface area (Å²) in [5, 5.41) is 1.87. The van der Waals surface area contributed by atoms with Crippen LogP contribution in [0.4, 0.5) is 0 Å². The molecule has 0 aromatic rings. The first kappa shape index (κ1) is 12.1. The monoisotopic (exact) mass is 204 g/mol. The molecule has 0 aromatic heterocycles. The molecule has 1 atom stereocenters. The topological polar surface area (TPSA) is 17.1 Å². The average molecular weight is 204 g/mol. The van der Waals surface area contributed by atoms with Crippen LogP contribution >= 0.6 is 0 Å². The third-order valence-electron chi connectivity index (χ3n) is 1.30. The molecule has 0 spiro atoms. The first-order valence-electron chi connectivity index (χ1n) is 4.23. The zero-order valence-electron chi connectivity index (χ0n) is 8.97. The van der Waals surface area contributed by atoms with Gasteiger partial charge in [0.25, 0.3) is 0 Å². The second-order valence-electron chi connectivity index (χ2n) is 5.08. The zero-order chi connectivity index (χ0) is 9.99. The molecule has 0 unspecified atom stereocenters. The third-order valence-corrected chi connectivity index (χ3v) is 4.29. The van der Waals surface area contributed by atoms with Gasteiger partial charge in [-0.25, -0.2) is 0 Å². The zero-order valence-corrected chi connectivity index (χ0v) is 10.8. The molecular weight excluding hydrogens is 184 g/mol. The van der Waals surface area contributed by atoms with Crippen molar-refractivity contribution in [2.24, 2.45) is 0 Å². The van der Waals surface area contributed by atoms with Crippen LogP contribution in [0.1, 0.15) is 20.8 Å². The molecule has 0 radical (unpaired) electrons. The highest BCUT2D eigenvalue weighted by atomic mass is 32.2. The second-order valence-corrected chi connectivity index (χ2v) is 12.2. The molecule has 0 aliphatic rings. The fourth-order valence-corrected chi connectivity index (χ4v) is 3.01. The van der Waals surface area contributed by atoms with Gasteiger partial charge in [-0.05, 0) is 26.2 Å². The minimum absolute atomic E-state index is 0.115. The molecule has 0 rings (SSSR count). The largest absolute Gasteiger partial charge is 0.254 e. The molecule has 0 aliphatic heterocycles. The van der Waals surface area contributed by atoms with E-state index in [0.717, 1.165) is 0 Å². The van der Waals surface area contributed by atoms with Gasteiger partial charge >= 0.3 is 0 Å². The molecule has 0 saturated heterocycles. The average Bonchev–Trinajstić information content (AvgIpc) is 1.78. The van der Waals surface area contributed by atoms with Crippen molar-refractivity contribution in [1.82, 2.24) is 0 Å². The number of hydrogen-bond acceptors (Lipinski definition) is 1. The van der Waals surface area contributed by atoms with Crippen molar-refractivity contribution in [3.05, 3.63) is 11.1 Å². The lowest BCUT2D eigenvalue weighted by Gasteiger charge is -2.15. The van der Waals surface area contributed by atoms with Crippen molar-refractivity contribution in [1.29, 1.82) is 0 Å². The van der Waals surface area contributed by atoms with Gasteiger partial charge in [0.05, 0.1) is 18.9 Å². The lowest BCUT2D eigenvalue weighted by molar-refractivity contribution is 0.656. The van der Waals surface area contributed by atoms with Gasteiger partial charge < -0.3 is 0 Å². The predicted octanol–water partition coefficient (Wildman–Crippen LogP) is 2.92. The number of rotatable bonds is 2. The summed E-state index contributed by atoms with van der Waals surface area (Å²) >= 11 is 0. The molecule has 0 aromatic carbocycles. The maximum Gasteiger partial charge on any atom is 0.0694 e. The first-order chi connectivity index (χ1) is 5.13. The van der Waals surface area contributed by atoms with Crippen molar-refractivity contribution >= 4 is 18.9 Å². The van der Waals surface area contributed by atoms with Gasteiger partial charge in [0.2, 0.25) is 0 Å². The maximum atomic E-state index is 11.6. The van der Waals surface area contributed by atoms with Crippen LogP contribution in [-0.4, -0.2) is 17.0 Å². The first-order valence-corrected chi connectivity index (χ1v) is 9.02. The van der Waals surface area contributed by atoms with E-state index in [0.29, 0.717) is 0 Å². The van der Waals surface area contributed by atoms with Gasteiger partial charge in [-0.3, -0.25) is 4.21 Å². The van der Waals surface area contributed by atoms with E-state index in [-0.39, 0.29) is 4.75 Å². The molecule has 0 fully saturated rings. The van der Waals surface area contributed by atoms with Crippen molar-refractivity contribution < 1.29 is 4.21 Å². The second kappa shape index (κ2) is 3.88. The fourth-order valence-electron chi connectivity index (χ4n) is 0.470. The van der Waals surface area contributed by atoms with Crippen LogP contribution in [0.2, 0.25) is 19.6 Å². The van der Waals surface area contributed by atoms with E-state index in [9.17, 15) is 4.21 Å². The van der Waals surface area contributed by atoms with Crippen molar-refractivity contribution in [3.8, 4) is 0 Å². The quantitative estimate of drug-likeness (QED) is 0.632. The van der Waals surface area contributed by atoms with Gasteiger partial charge in [0.1, 0.15) is 0 Å². The van der Waals surface area contributed by atoms with E-state index >= 15 is 0 Å². The fraction of sp³-hybridized carbons (Fsp3) is 0.778. The Morgan fingerprint density at radius 1 is 1.17 bits per heavy atom. The van der Waals surface area contributed by atoms with E-state index in [4.69, 9.17) is 0 Å². The van der Waals surface area contributed by atoms with Crippen LogP contribution in [0.5, 0.6) is 0 Å². The predicted molar refractivity (Wildman–Crippen MR) is 60.4 cm³/mol. The third kappa shape index (κ3) is 5.72. The Kier molecular flexibility index (Phi) is 3.91. The van der Waals surface area contributed by atoms with E-state index < -0.39 is 18.9 Å². The van der Waals surface area contributed by atoms with Gasteiger partial charge in [-0.1, -0.05) is 25.3 Å². The molecule has 0 heterocycles. The smallest absolute Gasteiger partial charge is 0.0694 e. The van der Waals surface area contributed by atoms with Gasteiger partial charge in [0.15, 0.2) is 0 Å². The normalized spacial score (nSPS) is 16.8. The summed E-state index contributed by atoms with van der Waals surface area (Å²) < 4.78 is 11.4. The Hall–Kier alpha value is 0.107. The molecule has 72 valence electrons. The molecule has 12 heavy (non-hydrogen) atoms. The molecule has 3 heteroatoms. The molecule has 0 aliphatic carbocycles. The van der Waals surface area contributed by atoms with Crippen LogP contribution in [-0.2, 0) is 10.8 Å². The lowest BCUT2D eigenvalue weighted by Crippen LogP contribution is -2.22. The van der Waals surface area contributed by atoms with Crippen LogP contribution < -0.4 is 0 Å². The Morgan fingerprint density at radius 2 is 1.58 bits per heavy atom. The molecule has 0 saturated carbocycles. The summed E-state index contributed by atoms with van der Waals surface area (Å²) in [7, 11) is -2.00. The summed E-state index contributed by atoms with van der Waals surface area (Å²) in [5.74, 6) is 0. The molecule has 0 bridgehead atoms. The van der Waals surface area contributed by atoms with Crippen LogP contribution in [0.15, 0.2) is 11.1 Å². The molecule has 1 nitrogen and oxygen atoms in total. The summed E-state index contributed by atoms with van der Waals surface area (Å²) in [6.45, 7) is 12.7. The van der Waals surface area contributed by atoms with E-state index in [1.165, 1.54) is 0 Å². The van der Waals surface area contributed by atoms with Gasteiger partial charge in [-0.15, -0.1) is 0 Å². The Labute approximate surface area is 79.7 Å². The van der Waals surface area contributed by atoms with Crippen LogP contribution in [0.3, 0.4) is 0 Å². The maximum absolute atomic E-state index is 11.6. The standard InChI is InChI=1S/C9H20OSSi/c1-9(2,3)11(10)7-8-12(4,5)6/h7-8H,1-6H3/t11-/m1/s1. The summed E-state index contributed by atoms with van der Waals surface area (Å²) in [5.41, 5.74) is 2.15. The van der Waals surface area contributed by atoms with Crippen LogP contribution in [0.25, 0.3) is 0 Å². The van der Waals surface area contributed by atoms with E-state index in [2.05, 4.69) is 25.3 Å². The van der Waals surface area contributed by atoms with Gasteiger partial charge in [0, 0.05) is 4.75 Å². The van der Waals surface area contributed by atoms with Crippen molar-refractivity contribution in [2.45, 2.75) is 45.2 Å². The highest BCUT2D eigenvalue weighted by Crippen LogP contribution is 2.13. The van der Waals surface area contributed by atoms with Crippen molar-refractivity contribution in [2.75, 3.05) is 0 Å². The minimum Gasteiger partial charge on any atom is -0.254 e. The lowest BCUT2D eigenvalue weighted by atomic mass is 10.3. The highest BCUT2D eigenvalue weighted by Gasteiger charge is 2.17.